The second-order valence-corrected chi connectivity index (χ2v) is 7.02. The van der Waals surface area contributed by atoms with Gasteiger partial charge in [-0.15, -0.1) is 0 Å². The molecular formula is C20H30N6O. The van der Waals surface area contributed by atoms with E-state index in [2.05, 4.69) is 42.6 Å². The SMILES string of the molecule is CN=C(NCCCC(=O)NC1CC1)NCCCn1c(C)nc2ccccc21. The van der Waals surface area contributed by atoms with E-state index < -0.39 is 0 Å². The number of amides is 1. The van der Waals surface area contributed by atoms with E-state index in [1.165, 1.54) is 5.52 Å². The van der Waals surface area contributed by atoms with Crippen molar-refractivity contribution in [3.8, 4) is 0 Å². The van der Waals surface area contributed by atoms with Gasteiger partial charge < -0.3 is 20.5 Å². The normalized spacial score (nSPS) is 14.4. The largest absolute Gasteiger partial charge is 0.356 e. The van der Waals surface area contributed by atoms with Crippen LogP contribution in [0.15, 0.2) is 29.3 Å². The minimum Gasteiger partial charge on any atom is -0.356 e. The Labute approximate surface area is 160 Å². The maximum atomic E-state index is 11.7. The number of nitrogens with zero attached hydrogens (tertiary/aromatic N) is 3. The highest BCUT2D eigenvalue weighted by molar-refractivity contribution is 5.80. The lowest BCUT2D eigenvalue weighted by atomic mass is 10.3. The fourth-order valence-corrected chi connectivity index (χ4v) is 3.13. The molecule has 0 radical (unpaired) electrons. The minimum atomic E-state index is 0.158. The van der Waals surface area contributed by atoms with E-state index in [-0.39, 0.29) is 5.91 Å². The molecule has 2 aromatic rings. The lowest BCUT2D eigenvalue weighted by Gasteiger charge is -2.12. The van der Waals surface area contributed by atoms with Crippen LogP contribution < -0.4 is 16.0 Å². The molecule has 0 atom stereocenters. The van der Waals surface area contributed by atoms with Gasteiger partial charge in [0, 0.05) is 39.1 Å². The number of hydrogen-bond acceptors (Lipinski definition) is 3. The van der Waals surface area contributed by atoms with Crippen LogP contribution in [0.1, 0.15) is 37.9 Å². The third kappa shape index (κ3) is 5.70. The van der Waals surface area contributed by atoms with Gasteiger partial charge >= 0.3 is 0 Å². The lowest BCUT2D eigenvalue weighted by molar-refractivity contribution is -0.121. The molecule has 1 aliphatic rings. The summed E-state index contributed by atoms with van der Waals surface area (Å²) in [7, 11) is 1.77. The van der Waals surface area contributed by atoms with Crippen molar-refractivity contribution in [2.75, 3.05) is 20.1 Å². The number of hydrogen-bond donors (Lipinski definition) is 3. The van der Waals surface area contributed by atoms with Gasteiger partial charge in [0.15, 0.2) is 5.96 Å². The maximum Gasteiger partial charge on any atom is 0.220 e. The molecule has 1 aromatic heterocycles. The van der Waals surface area contributed by atoms with Crippen molar-refractivity contribution >= 4 is 22.9 Å². The van der Waals surface area contributed by atoms with Gasteiger partial charge in [-0.1, -0.05) is 12.1 Å². The zero-order valence-electron chi connectivity index (χ0n) is 16.3. The van der Waals surface area contributed by atoms with Gasteiger partial charge in [-0.2, -0.15) is 0 Å². The van der Waals surface area contributed by atoms with Crippen LogP contribution in [-0.4, -0.2) is 47.6 Å². The quantitative estimate of drug-likeness (QED) is 0.358. The van der Waals surface area contributed by atoms with Crippen LogP contribution in [0.4, 0.5) is 0 Å². The third-order valence-corrected chi connectivity index (χ3v) is 4.74. The number of carbonyl (C=O) groups is 1. The molecule has 1 fully saturated rings. The van der Waals surface area contributed by atoms with Crippen molar-refractivity contribution in [3.63, 3.8) is 0 Å². The number of rotatable bonds is 9. The van der Waals surface area contributed by atoms with Crippen LogP contribution in [0.5, 0.6) is 0 Å². The van der Waals surface area contributed by atoms with Gasteiger partial charge in [0.05, 0.1) is 11.0 Å². The van der Waals surface area contributed by atoms with E-state index in [9.17, 15) is 4.79 Å². The number of aryl methyl sites for hydroxylation is 2. The molecule has 0 spiro atoms. The van der Waals surface area contributed by atoms with Gasteiger partial charge in [-0.25, -0.2) is 4.98 Å². The Morgan fingerprint density at radius 2 is 1.96 bits per heavy atom. The van der Waals surface area contributed by atoms with Crippen LogP contribution in [0, 0.1) is 6.92 Å². The van der Waals surface area contributed by atoms with Crippen LogP contribution in [0.25, 0.3) is 11.0 Å². The number of aromatic nitrogens is 2. The first-order valence-corrected chi connectivity index (χ1v) is 9.83. The number of nitrogens with one attached hydrogen (secondary N) is 3. The van der Waals surface area contributed by atoms with Crippen molar-refractivity contribution in [1.82, 2.24) is 25.5 Å². The molecule has 27 heavy (non-hydrogen) atoms. The summed E-state index contributed by atoms with van der Waals surface area (Å²) in [4.78, 5) is 20.5. The second-order valence-electron chi connectivity index (χ2n) is 7.02. The van der Waals surface area contributed by atoms with Crippen molar-refractivity contribution in [1.29, 1.82) is 0 Å². The van der Waals surface area contributed by atoms with Crippen molar-refractivity contribution < 1.29 is 4.79 Å². The molecule has 0 aliphatic heterocycles. The predicted octanol–water partition coefficient (Wildman–Crippen LogP) is 1.96. The van der Waals surface area contributed by atoms with Crippen molar-refractivity contribution in [3.05, 3.63) is 30.1 Å². The first kappa shape index (κ1) is 19.2. The molecular weight excluding hydrogens is 340 g/mol. The topological polar surface area (TPSA) is 83.3 Å². The molecule has 1 amide bonds. The molecule has 3 rings (SSSR count). The first-order chi connectivity index (χ1) is 13.2. The molecule has 1 heterocycles. The van der Waals surface area contributed by atoms with E-state index >= 15 is 0 Å². The fourth-order valence-electron chi connectivity index (χ4n) is 3.13. The van der Waals surface area contributed by atoms with Crippen LogP contribution in [0.2, 0.25) is 0 Å². The standard InChI is InChI=1S/C20H30N6O/c1-15-24-17-7-3-4-8-18(17)26(15)14-6-13-23-20(21-2)22-12-5-9-19(27)25-16-10-11-16/h3-4,7-8,16H,5-6,9-14H2,1-2H3,(H,25,27)(H2,21,22,23). The Morgan fingerprint density at radius 1 is 1.22 bits per heavy atom. The number of benzene rings is 1. The van der Waals surface area contributed by atoms with E-state index in [0.717, 1.165) is 62.6 Å². The van der Waals surface area contributed by atoms with Gasteiger partial charge in [-0.3, -0.25) is 9.79 Å². The maximum absolute atomic E-state index is 11.7. The van der Waals surface area contributed by atoms with Gasteiger partial charge in [0.1, 0.15) is 5.82 Å². The molecule has 0 unspecified atom stereocenters. The average molecular weight is 371 g/mol. The zero-order chi connectivity index (χ0) is 19.1. The molecule has 3 N–H and O–H groups in total. The van der Waals surface area contributed by atoms with Gasteiger partial charge in [-0.05, 0) is 44.7 Å². The summed E-state index contributed by atoms with van der Waals surface area (Å²) in [5.74, 6) is 1.98. The molecule has 1 aliphatic carbocycles. The fraction of sp³-hybridized carbons (Fsp3) is 0.550. The average Bonchev–Trinajstić information content (AvgIpc) is 3.42. The highest BCUT2D eigenvalue weighted by Crippen LogP contribution is 2.18. The van der Waals surface area contributed by atoms with E-state index in [4.69, 9.17) is 0 Å². The van der Waals surface area contributed by atoms with Crippen LogP contribution in [0.3, 0.4) is 0 Å². The predicted molar refractivity (Wildman–Crippen MR) is 109 cm³/mol. The summed E-state index contributed by atoms with van der Waals surface area (Å²) in [6.45, 7) is 4.53. The van der Waals surface area contributed by atoms with Crippen molar-refractivity contribution in [2.45, 2.75) is 51.6 Å². The first-order valence-electron chi connectivity index (χ1n) is 9.83. The number of imidazole rings is 1. The summed E-state index contributed by atoms with van der Waals surface area (Å²) >= 11 is 0. The highest BCUT2D eigenvalue weighted by Gasteiger charge is 2.22. The van der Waals surface area contributed by atoms with Gasteiger partial charge in [0.25, 0.3) is 0 Å². The molecule has 7 nitrogen and oxygen atoms in total. The Balaban J connectivity index is 1.33. The highest BCUT2D eigenvalue weighted by atomic mass is 16.1. The number of fused-ring (bicyclic) bond motifs is 1. The Hall–Kier alpha value is -2.57. The van der Waals surface area contributed by atoms with E-state index in [1.807, 2.05) is 19.1 Å². The summed E-state index contributed by atoms with van der Waals surface area (Å²) in [5.41, 5.74) is 2.23. The van der Waals surface area contributed by atoms with Crippen LogP contribution >= 0.6 is 0 Å². The Bertz CT molecular complexity index is 793. The van der Waals surface area contributed by atoms with Gasteiger partial charge in [0.2, 0.25) is 5.91 Å². The second kappa shape index (κ2) is 9.39. The summed E-state index contributed by atoms with van der Waals surface area (Å²) in [6, 6.07) is 8.67. The third-order valence-electron chi connectivity index (χ3n) is 4.74. The molecule has 7 heteroatoms. The number of para-hydroxylation sites is 2. The van der Waals surface area contributed by atoms with Crippen molar-refractivity contribution in [2.24, 2.45) is 4.99 Å². The minimum absolute atomic E-state index is 0.158. The van der Waals surface area contributed by atoms with E-state index in [0.29, 0.717) is 12.5 Å². The summed E-state index contributed by atoms with van der Waals surface area (Å²) in [5, 5.41) is 9.61. The Kier molecular flexibility index (Phi) is 6.68. The Morgan fingerprint density at radius 3 is 2.70 bits per heavy atom. The lowest BCUT2D eigenvalue weighted by Crippen LogP contribution is -2.38. The summed E-state index contributed by atoms with van der Waals surface area (Å²) in [6.07, 6.45) is 4.61. The number of guanidine groups is 1. The summed E-state index contributed by atoms with van der Waals surface area (Å²) < 4.78 is 2.26. The van der Waals surface area contributed by atoms with E-state index in [1.54, 1.807) is 7.05 Å². The molecule has 0 saturated heterocycles. The monoisotopic (exact) mass is 370 g/mol. The molecule has 1 saturated carbocycles. The number of carbonyl (C=O) groups excluding carboxylic acids is 1. The number of aliphatic imine (C=N–C) groups is 1. The molecule has 0 bridgehead atoms. The smallest absolute Gasteiger partial charge is 0.220 e. The van der Waals surface area contributed by atoms with Crippen LogP contribution in [-0.2, 0) is 11.3 Å². The molecule has 146 valence electrons. The zero-order valence-corrected chi connectivity index (χ0v) is 16.3. The molecule has 1 aromatic carbocycles.